The lowest BCUT2D eigenvalue weighted by molar-refractivity contribution is -0.139. The lowest BCUT2D eigenvalue weighted by atomic mass is 9.88. The summed E-state index contributed by atoms with van der Waals surface area (Å²) in [6.07, 6.45) is 3.63. The van der Waals surface area contributed by atoms with Gasteiger partial charge in [0.15, 0.2) is 0 Å². The maximum atomic E-state index is 11.4. The predicted molar refractivity (Wildman–Crippen MR) is 88.0 cm³/mol. The topological polar surface area (TPSA) is 38.3 Å². The van der Waals surface area contributed by atoms with Gasteiger partial charge in [-0.15, -0.1) is 0 Å². The van der Waals surface area contributed by atoms with E-state index in [0.717, 1.165) is 30.5 Å². The minimum Gasteiger partial charge on any atom is -0.469 e. The van der Waals surface area contributed by atoms with E-state index in [1.54, 1.807) is 0 Å². The number of nitrogens with one attached hydrogen (secondary N) is 1. The van der Waals surface area contributed by atoms with Gasteiger partial charge < -0.3 is 10.1 Å². The molecular weight excluding hydrogens is 274 g/mol. The van der Waals surface area contributed by atoms with Gasteiger partial charge in [0.25, 0.3) is 0 Å². The molecule has 0 aromatic heterocycles. The molecule has 1 N–H and O–H groups in total. The Labute approximate surface area is 131 Å². The summed E-state index contributed by atoms with van der Waals surface area (Å²) in [6, 6.07) is 17.2. The molecule has 0 fully saturated rings. The van der Waals surface area contributed by atoms with E-state index in [9.17, 15) is 4.79 Å². The van der Waals surface area contributed by atoms with Crippen LogP contribution in [-0.2, 0) is 28.8 Å². The summed E-state index contributed by atoms with van der Waals surface area (Å²) < 4.78 is 4.72. The Bertz CT molecular complexity index is 666. The molecule has 2 aromatic carbocycles. The summed E-state index contributed by atoms with van der Waals surface area (Å²) in [5.41, 5.74) is 4.97. The third-order valence-electron chi connectivity index (χ3n) is 4.22. The summed E-state index contributed by atoms with van der Waals surface area (Å²) in [4.78, 5) is 11.4. The smallest absolute Gasteiger partial charge is 0.309 e. The largest absolute Gasteiger partial charge is 0.469 e. The van der Waals surface area contributed by atoms with Crippen LogP contribution >= 0.6 is 0 Å². The zero-order valence-corrected chi connectivity index (χ0v) is 12.8. The Morgan fingerprint density at radius 1 is 1.18 bits per heavy atom. The first-order valence-corrected chi connectivity index (χ1v) is 7.73. The fourth-order valence-electron chi connectivity index (χ4n) is 3.07. The van der Waals surface area contributed by atoms with Crippen molar-refractivity contribution in [3.63, 3.8) is 0 Å². The molecule has 0 saturated heterocycles. The number of hydrogen-bond acceptors (Lipinski definition) is 3. The van der Waals surface area contributed by atoms with Crippen LogP contribution in [0.1, 0.15) is 23.1 Å². The van der Waals surface area contributed by atoms with Crippen LogP contribution in [0.3, 0.4) is 0 Å². The third-order valence-corrected chi connectivity index (χ3v) is 4.22. The fraction of sp³-hybridized carbons (Fsp3) is 0.316. The minimum atomic E-state index is -0.205. The molecule has 1 aliphatic carbocycles. The molecule has 3 heteroatoms. The van der Waals surface area contributed by atoms with Crippen molar-refractivity contribution in [3.05, 3.63) is 65.2 Å². The molecule has 1 aliphatic rings. The maximum absolute atomic E-state index is 11.4. The van der Waals surface area contributed by atoms with E-state index in [2.05, 4.69) is 35.6 Å². The van der Waals surface area contributed by atoms with E-state index in [1.807, 2.05) is 18.2 Å². The van der Waals surface area contributed by atoms with Gasteiger partial charge in [-0.05, 0) is 48.1 Å². The summed E-state index contributed by atoms with van der Waals surface area (Å²) in [6.45, 7) is 0. The van der Waals surface area contributed by atoms with Gasteiger partial charge in [0.05, 0.1) is 13.5 Å². The highest BCUT2D eigenvalue weighted by atomic mass is 16.5. The highest BCUT2D eigenvalue weighted by Gasteiger charge is 2.18. The van der Waals surface area contributed by atoms with Crippen molar-refractivity contribution in [2.45, 2.75) is 31.7 Å². The van der Waals surface area contributed by atoms with Gasteiger partial charge in [-0.25, -0.2) is 0 Å². The molecule has 1 atom stereocenters. The number of benzene rings is 2. The normalized spacial score (nSPS) is 16.7. The zero-order chi connectivity index (χ0) is 15.4. The molecule has 22 heavy (non-hydrogen) atoms. The highest BCUT2D eigenvalue weighted by molar-refractivity contribution is 5.72. The average Bonchev–Trinajstić information content (AvgIpc) is 2.55. The van der Waals surface area contributed by atoms with Crippen LogP contribution in [0.2, 0.25) is 0 Å². The summed E-state index contributed by atoms with van der Waals surface area (Å²) in [5, 5.41) is 3.60. The van der Waals surface area contributed by atoms with Crippen LogP contribution in [0.5, 0.6) is 0 Å². The first-order valence-electron chi connectivity index (χ1n) is 7.73. The van der Waals surface area contributed by atoms with Crippen molar-refractivity contribution >= 4 is 11.7 Å². The number of aryl methyl sites for hydroxylation is 1. The third kappa shape index (κ3) is 3.48. The lowest BCUT2D eigenvalue weighted by Crippen LogP contribution is -2.27. The molecule has 114 valence electrons. The SMILES string of the molecule is COC(=O)Cc1cccc(N[C@H]2CCc3ccccc3C2)c1. The van der Waals surface area contributed by atoms with Gasteiger partial charge in [0.1, 0.15) is 0 Å². The van der Waals surface area contributed by atoms with Gasteiger partial charge >= 0.3 is 5.97 Å². The van der Waals surface area contributed by atoms with Crippen LogP contribution in [0.15, 0.2) is 48.5 Å². The van der Waals surface area contributed by atoms with Crippen LogP contribution < -0.4 is 5.32 Å². The fourth-order valence-corrected chi connectivity index (χ4v) is 3.07. The highest BCUT2D eigenvalue weighted by Crippen LogP contribution is 2.24. The Balaban J connectivity index is 1.67. The van der Waals surface area contributed by atoms with E-state index in [-0.39, 0.29) is 5.97 Å². The molecule has 0 spiro atoms. The number of carbonyl (C=O) groups excluding carboxylic acids is 1. The Morgan fingerprint density at radius 3 is 2.82 bits per heavy atom. The molecular formula is C19H21NO2. The second kappa shape index (κ2) is 6.65. The molecule has 0 unspecified atom stereocenters. The van der Waals surface area contributed by atoms with Gasteiger partial charge in [-0.1, -0.05) is 36.4 Å². The Kier molecular flexibility index (Phi) is 4.42. The predicted octanol–water partition coefficient (Wildman–Crippen LogP) is 3.37. The van der Waals surface area contributed by atoms with Gasteiger partial charge in [0, 0.05) is 11.7 Å². The number of fused-ring (bicyclic) bond motifs is 1. The first-order chi connectivity index (χ1) is 10.7. The molecule has 0 saturated carbocycles. The van der Waals surface area contributed by atoms with Gasteiger partial charge in [-0.2, -0.15) is 0 Å². The van der Waals surface area contributed by atoms with E-state index in [1.165, 1.54) is 18.2 Å². The number of rotatable bonds is 4. The Morgan fingerprint density at radius 2 is 2.00 bits per heavy atom. The van der Waals surface area contributed by atoms with Gasteiger partial charge in [-0.3, -0.25) is 4.79 Å². The maximum Gasteiger partial charge on any atom is 0.309 e. The number of anilines is 1. The summed E-state index contributed by atoms with van der Waals surface area (Å²) >= 11 is 0. The summed E-state index contributed by atoms with van der Waals surface area (Å²) in [5.74, 6) is -0.205. The molecule has 0 amide bonds. The Hall–Kier alpha value is -2.29. The number of hydrogen-bond donors (Lipinski definition) is 1. The molecule has 0 heterocycles. The molecule has 2 aromatic rings. The zero-order valence-electron chi connectivity index (χ0n) is 12.8. The standard InChI is InChI=1S/C19H21NO2/c1-22-19(21)12-14-5-4-8-17(11-14)20-18-10-9-15-6-2-3-7-16(15)13-18/h2-8,11,18,20H,9-10,12-13H2,1H3/t18-/m0/s1. The number of carbonyl (C=O) groups is 1. The van der Waals surface area contributed by atoms with E-state index in [4.69, 9.17) is 4.74 Å². The molecule has 3 rings (SSSR count). The van der Waals surface area contributed by atoms with Crippen molar-refractivity contribution in [2.75, 3.05) is 12.4 Å². The van der Waals surface area contributed by atoms with Crippen LogP contribution in [0, 0.1) is 0 Å². The summed E-state index contributed by atoms with van der Waals surface area (Å²) in [7, 11) is 1.42. The van der Waals surface area contributed by atoms with Crippen molar-refractivity contribution in [1.82, 2.24) is 0 Å². The molecule has 0 radical (unpaired) electrons. The molecule has 3 nitrogen and oxygen atoms in total. The molecule has 0 bridgehead atoms. The lowest BCUT2D eigenvalue weighted by Gasteiger charge is -2.26. The number of ether oxygens (including phenoxy) is 1. The van der Waals surface area contributed by atoms with Crippen LogP contribution in [0.25, 0.3) is 0 Å². The quantitative estimate of drug-likeness (QED) is 0.879. The van der Waals surface area contributed by atoms with E-state index < -0.39 is 0 Å². The van der Waals surface area contributed by atoms with Crippen molar-refractivity contribution < 1.29 is 9.53 Å². The number of esters is 1. The minimum absolute atomic E-state index is 0.205. The molecule has 0 aliphatic heterocycles. The second-order valence-corrected chi connectivity index (χ2v) is 5.81. The van der Waals surface area contributed by atoms with Crippen LogP contribution in [0.4, 0.5) is 5.69 Å². The first kappa shape index (κ1) is 14.6. The van der Waals surface area contributed by atoms with Gasteiger partial charge in [0.2, 0.25) is 0 Å². The van der Waals surface area contributed by atoms with E-state index >= 15 is 0 Å². The second-order valence-electron chi connectivity index (χ2n) is 5.81. The monoisotopic (exact) mass is 295 g/mol. The average molecular weight is 295 g/mol. The van der Waals surface area contributed by atoms with Crippen molar-refractivity contribution in [2.24, 2.45) is 0 Å². The van der Waals surface area contributed by atoms with E-state index in [0.29, 0.717) is 12.5 Å². The van der Waals surface area contributed by atoms with Crippen molar-refractivity contribution in [3.8, 4) is 0 Å². The number of methoxy groups -OCH3 is 1. The van der Waals surface area contributed by atoms with Crippen molar-refractivity contribution in [1.29, 1.82) is 0 Å². The van der Waals surface area contributed by atoms with Crippen LogP contribution in [-0.4, -0.2) is 19.1 Å².